The van der Waals surface area contributed by atoms with Gasteiger partial charge < -0.3 is 4.98 Å². The van der Waals surface area contributed by atoms with E-state index in [4.69, 9.17) is 0 Å². The van der Waals surface area contributed by atoms with Gasteiger partial charge in [-0.2, -0.15) is 0 Å². The van der Waals surface area contributed by atoms with Crippen LogP contribution in [0.3, 0.4) is 0 Å². The lowest BCUT2D eigenvalue weighted by Gasteiger charge is -2.12. The van der Waals surface area contributed by atoms with Gasteiger partial charge in [0.15, 0.2) is 5.82 Å². The number of H-pyrrole nitrogens is 1. The van der Waals surface area contributed by atoms with Crippen LogP contribution in [0.1, 0.15) is 21.7 Å². The Labute approximate surface area is 212 Å². The fourth-order valence-corrected chi connectivity index (χ4v) is 4.90. The predicted molar refractivity (Wildman–Crippen MR) is 129 cm³/mol. The summed E-state index contributed by atoms with van der Waals surface area (Å²) in [6.45, 7) is 1.71. The van der Waals surface area contributed by atoms with E-state index < -0.39 is 55.2 Å². The summed E-state index contributed by atoms with van der Waals surface area (Å²) >= 11 is 0. The van der Waals surface area contributed by atoms with Crippen LogP contribution in [0.2, 0.25) is 0 Å². The molecule has 0 amide bonds. The third-order valence-corrected chi connectivity index (χ3v) is 7.02. The number of carbonyl (C=O) groups excluding carboxylic acids is 1. The summed E-state index contributed by atoms with van der Waals surface area (Å²) in [5, 5.41) is 0.236. The molecule has 0 saturated heterocycles. The maximum atomic E-state index is 15.4. The van der Waals surface area contributed by atoms with Gasteiger partial charge in [0.05, 0.1) is 11.3 Å². The molecule has 0 spiro atoms. The molecular weight excluding hydrogens is 526 g/mol. The second kappa shape index (κ2) is 9.34. The summed E-state index contributed by atoms with van der Waals surface area (Å²) in [7, 11) is -4.84. The highest BCUT2D eigenvalue weighted by Crippen LogP contribution is 2.30. The molecule has 0 saturated carbocycles. The summed E-state index contributed by atoms with van der Waals surface area (Å²) in [4.78, 5) is 27.4. The molecule has 0 aliphatic heterocycles. The average Bonchev–Trinajstić information content (AvgIpc) is 3.31. The molecule has 5 rings (SSSR count). The summed E-state index contributed by atoms with van der Waals surface area (Å²) in [6.07, 6.45) is 5.82. The number of hydrogen-bond acceptors (Lipinski definition) is 6. The number of halogens is 4. The number of ketones is 1. The Morgan fingerprint density at radius 3 is 2.32 bits per heavy atom. The first-order valence-corrected chi connectivity index (χ1v) is 12.3. The first kappa shape index (κ1) is 25.0. The normalized spacial score (nSPS) is 11.6. The fraction of sp³-hybridized carbons (Fsp3) is 0.0400. The predicted octanol–water partition coefficient (Wildman–Crippen LogP) is 4.92. The molecule has 8 nitrogen and oxygen atoms in total. The van der Waals surface area contributed by atoms with Crippen LogP contribution in [0, 0.1) is 30.2 Å². The van der Waals surface area contributed by atoms with E-state index in [9.17, 15) is 26.4 Å². The third-order valence-electron chi connectivity index (χ3n) is 5.64. The van der Waals surface area contributed by atoms with E-state index in [1.807, 2.05) is 0 Å². The van der Waals surface area contributed by atoms with Gasteiger partial charge >= 0.3 is 0 Å². The van der Waals surface area contributed by atoms with Crippen LogP contribution in [-0.2, 0) is 10.0 Å². The molecular formula is C25H15F4N5O3S. The molecule has 38 heavy (non-hydrogen) atoms. The van der Waals surface area contributed by atoms with Gasteiger partial charge in [-0.05, 0) is 43.3 Å². The van der Waals surface area contributed by atoms with Gasteiger partial charge in [0.1, 0.15) is 33.8 Å². The van der Waals surface area contributed by atoms with Crippen molar-refractivity contribution < 1.29 is 30.8 Å². The van der Waals surface area contributed by atoms with E-state index in [-0.39, 0.29) is 16.6 Å². The number of rotatable bonds is 6. The number of fused-ring (bicyclic) bond motifs is 1. The lowest BCUT2D eigenvalue weighted by molar-refractivity contribution is 0.103. The van der Waals surface area contributed by atoms with Gasteiger partial charge in [0.25, 0.3) is 10.0 Å². The Kier molecular flexibility index (Phi) is 6.15. The Hall–Kier alpha value is -4.65. The molecule has 0 aliphatic carbocycles. The minimum atomic E-state index is -4.84. The van der Waals surface area contributed by atoms with E-state index in [1.54, 1.807) is 30.1 Å². The van der Waals surface area contributed by atoms with E-state index in [0.717, 1.165) is 6.07 Å². The van der Waals surface area contributed by atoms with E-state index >= 15 is 4.39 Å². The summed E-state index contributed by atoms with van der Waals surface area (Å²) in [5.41, 5.74) is -0.668. The van der Waals surface area contributed by atoms with Crippen LogP contribution >= 0.6 is 0 Å². The second-order valence-electron chi connectivity index (χ2n) is 8.13. The highest BCUT2D eigenvalue weighted by molar-refractivity contribution is 7.92. The summed E-state index contributed by atoms with van der Waals surface area (Å²) in [6, 6.07) is 4.66. The van der Waals surface area contributed by atoms with Crippen molar-refractivity contribution >= 4 is 32.5 Å². The summed E-state index contributed by atoms with van der Waals surface area (Å²) < 4.78 is 84.6. The highest BCUT2D eigenvalue weighted by atomic mass is 32.2. The number of aromatic amines is 1. The van der Waals surface area contributed by atoms with E-state index in [1.165, 1.54) is 12.4 Å². The number of hydrogen-bond donors (Lipinski definition) is 2. The van der Waals surface area contributed by atoms with E-state index in [2.05, 4.69) is 19.9 Å². The van der Waals surface area contributed by atoms with Gasteiger partial charge in [-0.3, -0.25) is 9.52 Å². The number of carbonyl (C=O) groups is 1. The van der Waals surface area contributed by atoms with Crippen molar-refractivity contribution in [1.82, 2.24) is 19.9 Å². The molecule has 0 fully saturated rings. The summed E-state index contributed by atoms with van der Waals surface area (Å²) in [5.74, 6) is -5.71. The van der Waals surface area contributed by atoms with Gasteiger partial charge in [0.2, 0.25) is 5.78 Å². The van der Waals surface area contributed by atoms with Gasteiger partial charge in [-0.25, -0.2) is 40.9 Å². The zero-order valence-electron chi connectivity index (χ0n) is 19.3. The van der Waals surface area contributed by atoms with Crippen LogP contribution in [-0.4, -0.2) is 34.1 Å². The molecule has 0 unspecified atom stereocenters. The Morgan fingerprint density at radius 2 is 1.58 bits per heavy atom. The lowest BCUT2D eigenvalue weighted by atomic mass is 10.0. The third kappa shape index (κ3) is 4.47. The molecule has 192 valence electrons. The maximum absolute atomic E-state index is 15.4. The molecule has 0 bridgehead atoms. The number of anilines is 1. The largest absolute Gasteiger partial charge is 0.345 e. The standard InChI is InChI=1S/C25H15F4N5O3S/c1-12-30-9-14(10-31-12)13-6-16-17(11-33-25(16)32-8-13)24(35)22-19(28)4-5-20(23(22)29)34-38(36,37)21-7-15(26)2-3-18(21)27/h2-11,34H,1H3,(H,32,33). The molecule has 2 N–H and O–H groups in total. The van der Waals surface area contributed by atoms with Crippen molar-refractivity contribution in [2.75, 3.05) is 4.72 Å². The number of pyridine rings is 1. The highest BCUT2D eigenvalue weighted by Gasteiger charge is 2.27. The molecule has 3 aromatic heterocycles. The zero-order chi connectivity index (χ0) is 27.2. The number of nitrogens with one attached hydrogen (secondary N) is 2. The Bertz CT molecular complexity index is 1840. The molecule has 0 atom stereocenters. The molecule has 0 radical (unpaired) electrons. The SMILES string of the molecule is Cc1ncc(-c2cnc3[nH]cc(C(=O)c4c(F)ccc(NS(=O)(=O)c5cc(F)ccc5F)c4F)c3c2)cn1. The van der Waals surface area contributed by atoms with E-state index in [0.29, 0.717) is 41.2 Å². The smallest absolute Gasteiger partial charge is 0.265 e. The zero-order valence-corrected chi connectivity index (χ0v) is 20.1. The van der Waals surface area contributed by atoms with Crippen molar-refractivity contribution in [2.24, 2.45) is 0 Å². The maximum Gasteiger partial charge on any atom is 0.265 e. The number of aromatic nitrogens is 4. The van der Waals surface area contributed by atoms with Gasteiger partial charge in [-0.1, -0.05) is 0 Å². The first-order valence-electron chi connectivity index (χ1n) is 10.8. The van der Waals surface area contributed by atoms with Crippen molar-refractivity contribution in [2.45, 2.75) is 11.8 Å². The van der Waals surface area contributed by atoms with Gasteiger partial charge in [0, 0.05) is 46.9 Å². The number of aryl methyl sites for hydroxylation is 1. The minimum Gasteiger partial charge on any atom is -0.345 e. The van der Waals surface area contributed by atoms with Crippen molar-refractivity contribution in [3.8, 4) is 11.1 Å². The Balaban J connectivity index is 1.55. The van der Waals surface area contributed by atoms with Crippen molar-refractivity contribution in [1.29, 1.82) is 0 Å². The molecule has 0 aliphatic rings. The first-order chi connectivity index (χ1) is 18.0. The number of sulfonamides is 1. The van der Waals surface area contributed by atoms with Gasteiger partial charge in [-0.15, -0.1) is 0 Å². The van der Waals surface area contributed by atoms with Crippen LogP contribution in [0.5, 0.6) is 0 Å². The van der Waals surface area contributed by atoms with Crippen LogP contribution in [0.25, 0.3) is 22.2 Å². The average molecular weight is 541 g/mol. The molecule has 2 aromatic carbocycles. The topological polar surface area (TPSA) is 118 Å². The number of benzene rings is 2. The molecule has 3 heterocycles. The molecule has 5 aromatic rings. The fourth-order valence-electron chi connectivity index (χ4n) is 3.75. The minimum absolute atomic E-state index is 0.142. The lowest BCUT2D eigenvalue weighted by Crippen LogP contribution is -2.17. The monoisotopic (exact) mass is 541 g/mol. The second-order valence-corrected chi connectivity index (χ2v) is 9.79. The Morgan fingerprint density at radius 1 is 0.895 bits per heavy atom. The van der Waals surface area contributed by atoms with Crippen LogP contribution in [0.15, 0.2) is 66.1 Å². The number of nitrogens with zero attached hydrogens (tertiary/aromatic N) is 3. The van der Waals surface area contributed by atoms with Crippen molar-refractivity contribution in [3.63, 3.8) is 0 Å². The van der Waals surface area contributed by atoms with Crippen LogP contribution < -0.4 is 4.72 Å². The quantitative estimate of drug-likeness (QED) is 0.233. The molecule has 13 heteroatoms. The van der Waals surface area contributed by atoms with Crippen molar-refractivity contribution in [3.05, 3.63) is 101 Å². The van der Waals surface area contributed by atoms with Crippen LogP contribution in [0.4, 0.5) is 23.2 Å².